The zero-order valence-electron chi connectivity index (χ0n) is 18.8. The minimum atomic E-state index is -0.191. The van der Waals surface area contributed by atoms with Crippen LogP contribution in [-0.4, -0.2) is 35.7 Å². The second-order valence-electron chi connectivity index (χ2n) is 7.71. The smallest absolute Gasteiger partial charge is 0.286 e. The molecule has 0 unspecified atom stereocenters. The van der Waals surface area contributed by atoms with Crippen LogP contribution in [0.4, 0.5) is 0 Å². The Morgan fingerprint density at radius 3 is 2.64 bits per heavy atom. The van der Waals surface area contributed by atoms with Gasteiger partial charge in [-0.2, -0.15) is 0 Å². The van der Waals surface area contributed by atoms with Crippen LogP contribution in [0.15, 0.2) is 71.3 Å². The van der Waals surface area contributed by atoms with Crippen molar-refractivity contribution in [1.82, 2.24) is 14.9 Å². The quantitative estimate of drug-likeness (QED) is 0.314. The van der Waals surface area contributed by atoms with Crippen molar-refractivity contribution < 1.29 is 18.7 Å². The van der Waals surface area contributed by atoms with E-state index in [4.69, 9.17) is 18.9 Å². The minimum Gasteiger partial charge on any atom is -0.493 e. The van der Waals surface area contributed by atoms with E-state index in [-0.39, 0.29) is 5.91 Å². The summed E-state index contributed by atoms with van der Waals surface area (Å²) in [6, 6.07) is 19.3. The van der Waals surface area contributed by atoms with Gasteiger partial charge in [0.15, 0.2) is 17.3 Å². The van der Waals surface area contributed by atoms with E-state index < -0.39 is 0 Å². The molecule has 0 fully saturated rings. The highest BCUT2D eigenvalue weighted by Crippen LogP contribution is 2.26. The highest BCUT2D eigenvalue weighted by Gasteiger charge is 2.12. The number of aryl methyl sites for hydroxylation is 2. The summed E-state index contributed by atoms with van der Waals surface area (Å²) < 4.78 is 18.7. The largest absolute Gasteiger partial charge is 0.493 e. The molecule has 7 heteroatoms. The molecule has 0 saturated carbocycles. The van der Waals surface area contributed by atoms with Crippen molar-refractivity contribution in [3.05, 3.63) is 78.5 Å². The number of nitrogens with zero attached hydrogens (tertiary/aromatic N) is 2. The molecule has 0 spiro atoms. The normalized spacial score (nSPS) is 10.9. The number of imidazole rings is 1. The summed E-state index contributed by atoms with van der Waals surface area (Å²) >= 11 is 0. The Kier molecular flexibility index (Phi) is 7.64. The Morgan fingerprint density at radius 1 is 1.00 bits per heavy atom. The Labute approximate surface area is 193 Å². The molecule has 1 N–H and O–H groups in total. The molecule has 7 nitrogen and oxygen atoms in total. The van der Waals surface area contributed by atoms with Crippen molar-refractivity contribution in [2.24, 2.45) is 0 Å². The van der Waals surface area contributed by atoms with Gasteiger partial charge in [0.1, 0.15) is 5.82 Å². The molecule has 2 heterocycles. The lowest BCUT2D eigenvalue weighted by molar-refractivity contribution is 0.0925. The minimum absolute atomic E-state index is 0.191. The van der Waals surface area contributed by atoms with Crippen molar-refractivity contribution in [3.63, 3.8) is 0 Å². The third kappa shape index (κ3) is 5.74. The van der Waals surface area contributed by atoms with Gasteiger partial charge in [-0.3, -0.25) is 4.79 Å². The second kappa shape index (κ2) is 11.2. The lowest BCUT2D eigenvalue weighted by atomic mass is 10.2. The molecular formula is C26H29N3O4. The number of aromatic nitrogens is 2. The van der Waals surface area contributed by atoms with Gasteiger partial charge in [0.25, 0.3) is 5.91 Å². The maximum absolute atomic E-state index is 12.0. The Balaban J connectivity index is 1.30. The molecule has 1 amide bonds. The molecular weight excluding hydrogens is 418 g/mol. The topological polar surface area (TPSA) is 78.5 Å². The first-order chi connectivity index (χ1) is 16.3. The monoisotopic (exact) mass is 447 g/mol. The maximum Gasteiger partial charge on any atom is 0.286 e. The first-order valence-electron chi connectivity index (χ1n) is 11.3. The molecule has 4 rings (SSSR count). The Morgan fingerprint density at radius 2 is 1.82 bits per heavy atom. The van der Waals surface area contributed by atoms with Crippen molar-refractivity contribution in [1.29, 1.82) is 0 Å². The van der Waals surface area contributed by atoms with Crippen LogP contribution in [0.2, 0.25) is 0 Å². The molecule has 0 saturated heterocycles. The fourth-order valence-corrected chi connectivity index (χ4v) is 3.80. The molecule has 2 aromatic heterocycles. The average Bonchev–Trinajstić information content (AvgIpc) is 3.50. The number of nitrogens with one attached hydrogen (secondary N) is 1. The van der Waals surface area contributed by atoms with E-state index in [2.05, 4.69) is 16.0 Å². The van der Waals surface area contributed by atoms with Gasteiger partial charge >= 0.3 is 0 Å². The van der Waals surface area contributed by atoms with Crippen molar-refractivity contribution in [2.45, 2.75) is 32.2 Å². The third-order valence-corrected chi connectivity index (χ3v) is 5.44. The number of ether oxygens (including phenoxy) is 2. The third-order valence-electron chi connectivity index (χ3n) is 5.44. The lowest BCUT2D eigenvalue weighted by Gasteiger charge is -2.12. The summed E-state index contributed by atoms with van der Waals surface area (Å²) in [6.07, 6.45) is 4.97. The SMILES string of the molecule is COc1ccccc1OCCCCn1c(CCCNC(=O)c2ccco2)nc2ccccc21. The summed E-state index contributed by atoms with van der Waals surface area (Å²) in [7, 11) is 1.65. The predicted molar refractivity (Wildman–Crippen MR) is 127 cm³/mol. The van der Waals surface area contributed by atoms with Gasteiger partial charge < -0.3 is 23.8 Å². The first-order valence-corrected chi connectivity index (χ1v) is 11.3. The van der Waals surface area contributed by atoms with Crippen LogP contribution in [0.1, 0.15) is 35.6 Å². The van der Waals surface area contributed by atoms with Gasteiger partial charge in [-0.1, -0.05) is 24.3 Å². The Bertz CT molecular complexity index is 1170. The van der Waals surface area contributed by atoms with Crippen molar-refractivity contribution in [3.8, 4) is 11.5 Å². The molecule has 0 atom stereocenters. The van der Waals surface area contributed by atoms with Gasteiger partial charge in [0.2, 0.25) is 0 Å². The average molecular weight is 448 g/mol. The number of carbonyl (C=O) groups is 1. The zero-order valence-corrected chi connectivity index (χ0v) is 18.8. The first kappa shape index (κ1) is 22.5. The van der Waals surface area contributed by atoms with E-state index in [1.54, 1.807) is 19.2 Å². The van der Waals surface area contributed by atoms with Gasteiger partial charge in [-0.15, -0.1) is 0 Å². The molecule has 172 valence electrons. The summed E-state index contributed by atoms with van der Waals surface area (Å²) in [6.45, 7) is 2.06. The number of amides is 1. The second-order valence-corrected chi connectivity index (χ2v) is 7.71. The van der Waals surface area contributed by atoms with Crippen LogP contribution < -0.4 is 14.8 Å². The molecule has 2 aromatic carbocycles. The summed E-state index contributed by atoms with van der Waals surface area (Å²) in [5.74, 6) is 2.69. The van der Waals surface area contributed by atoms with Crippen LogP contribution in [-0.2, 0) is 13.0 Å². The predicted octanol–water partition coefficient (Wildman–Crippen LogP) is 4.86. The van der Waals surface area contributed by atoms with E-state index >= 15 is 0 Å². The van der Waals surface area contributed by atoms with Crippen molar-refractivity contribution in [2.75, 3.05) is 20.3 Å². The number of para-hydroxylation sites is 4. The molecule has 0 aliphatic rings. The highest BCUT2D eigenvalue weighted by atomic mass is 16.5. The number of rotatable bonds is 12. The Hall–Kier alpha value is -3.74. The van der Waals surface area contributed by atoms with Crippen LogP contribution in [0, 0.1) is 0 Å². The highest BCUT2D eigenvalue weighted by molar-refractivity contribution is 5.91. The molecule has 0 aliphatic heterocycles. The van der Waals surface area contributed by atoms with Crippen molar-refractivity contribution >= 4 is 16.9 Å². The molecule has 0 aliphatic carbocycles. The number of unbranched alkanes of at least 4 members (excludes halogenated alkanes) is 1. The summed E-state index contributed by atoms with van der Waals surface area (Å²) in [4.78, 5) is 16.9. The number of hydrogen-bond donors (Lipinski definition) is 1. The zero-order chi connectivity index (χ0) is 22.9. The number of methoxy groups -OCH3 is 1. The van der Waals surface area contributed by atoms with E-state index in [0.717, 1.165) is 60.6 Å². The van der Waals surface area contributed by atoms with Crippen LogP contribution in [0.25, 0.3) is 11.0 Å². The number of benzene rings is 2. The van der Waals surface area contributed by atoms with Crippen LogP contribution >= 0.6 is 0 Å². The maximum atomic E-state index is 12.0. The number of furan rings is 1. The fraction of sp³-hybridized carbons (Fsp3) is 0.308. The molecule has 4 aromatic rings. The van der Waals surface area contributed by atoms with Crippen LogP contribution in [0.5, 0.6) is 11.5 Å². The van der Waals surface area contributed by atoms with Crippen LogP contribution in [0.3, 0.4) is 0 Å². The van der Waals surface area contributed by atoms with Gasteiger partial charge in [0.05, 0.1) is 31.0 Å². The summed E-state index contributed by atoms with van der Waals surface area (Å²) in [5.41, 5.74) is 2.13. The van der Waals surface area contributed by atoms with Gasteiger partial charge in [0, 0.05) is 19.5 Å². The van der Waals surface area contributed by atoms with E-state index in [1.807, 2.05) is 42.5 Å². The standard InChI is InChI=1S/C26H29N3O4/c1-31-22-12-4-5-13-23(22)32-18-7-6-17-29-21-11-3-2-10-20(21)28-25(29)15-8-16-27-26(30)24-14-9-19-33-24/h2-5,9-14,19H,6-8,15-18H2,1H3,(H,27,30). The molecule has 0 radical (unpaired) electrons. The van der Waals surface area contributed by atoms with E-state index in [9.17, 15) is 4.79 Å². The molecule has 33 heavy (non-hydrogen) atoms. The fourth-order valence-electron chi connectivity index (χ4n) is 3.80. The summed E-state index contributed by atoms with van der Waals surface area (Å²) in [5, 5.41) is 2.90. The number of hydrogen-bond acceptors (Lipinski definition) is 5. The van der Waals surface area contributed by atoms with Gasteiger partial charge in [-0.05, 0) is 55.7 Å². The lowest BCUT2D eigenvalue weighted by Crippen LogP contribution is -2.24. The number of fused-ring (bicyclic) bond motifs is 1. The molecule has 0 bridgehead atoms. The number of carbonyl (C=O) groups excluding carboxylic acids is 1. The van der Waals surface area contributed by atoms with E-state index in [1.165, 1.54) is 6.26 Å². The van der Waals surface area contributed by atoms with E-state index in [0.29, 0.717) is 18.9 Å². The van der Waals surface area contributed by atoms with Gasteiger partial charge in [-0.25, -0.2) is 4.98 Å².